The lowest BCUT2D eigenvalue weighted by molar-refractivity contribution is 0.625. The van der Waals surface area contributed by atoms with Crippen LogP contribution in [0.3, 0.4) is 0 Å². The molecule has 1 aromatic heterocycles. The lowest BCUT2D eigenvalue weighted by atomic mass is 10.2. The quantitative estimate of drug-likeness (QED) is 0.460. The highest BCUT2D eigenvalue weighted by atomic mass is 35.5. The second-order valence-corrected chi connectivity index (χ2v) is 6.49. The molecule has 0 amide bonds. The first-order chi connectivity index (χ1) is 13.5. The number of aromatic nitrogens is 2. The molecule has 0 saturated carbocycles. The van der Waals surface area contributed by atoms with Crippen molar-refractivity contribution >= 4 is 34.7 Å². The molecule has 0 saturated heterocycles. The molecular weight excluding hydrogens is 382 g/mol. The molecule has 4 aromatic rings. The molecule has 3 nitrogen and oxygen atoms in total. The molecule has 0 atom stereocenters. The molecule has 0 radical (unpaired) electrons. The molecule has 0 aliphatic heterocycles. The molecule has 1 heterocycles. The van der Waals surface area contributed by atoms with Crippen LogP contribution >= 0.6 is 11.6 Å². The van der Waals surface area contributed by atoms with E-state index in [4.69, 9.17) is 11.6 Å². The summed E-state index contributed by atoms with van der Waals surface area (Å²) in [6, 6.07) is 16.8. The van der Waals surface area contributed by atoms with E-state index in [-0.39, 0.29) is 11.2 Å². The highest BCUT2D eigenvalue weighted by Gasteiger charge is 2.14. The maximum absolute atomic E-state index is 14.0. The summed E-state index contributed by atoms with van der Waals surface area (Å²) in [6.07, 6.45) is 3.06. The Kier molecular flexibility index (Phi) is 4.75. The van der Waals surface area contributed by atoms with Crippen molar-refractivity contribution in [2.75, 3.05) is 0 Å². The molecule has 4 rings (SSSR count). The van der Waals surface area contributed by atoms with Crippen LogP contribution in [-0.2, 0) is 0 Å². The van der Waals surface area contributed by atoms with Crippen molar-refractivity contribution in [1.82, 2.24) is 9.55 Å². The Morgan fingerprint density at radius 2 is 1.68 bits per heavy atom. The first-order valence-corrected chi connectivity index (χ1v) is 8.82. The number of fused-ring (bicyclic) bond motifs is 1. The predicted octanol–water partition coefficient (Wildman–Crippen LogP) is 5.49. The van der Waals surface area contributed by atoms with Crippen LogP contribution in [0, 0.1) is 11.6 Å². The second kappa shape index (κ2) is 7.37. The van der Waals surface area contributed by atoms with Crippen molar-refractivity contribution in [3.05, 3.63) is 105 Å². The Labute approximate surface area is 164 Å². The average molecular weight is 395 g/mol. The van der Waals surface area contributed by atoms with Gasteiger partial charge in [0.1, 0.15) is 17.5 Å². The summed E-state index contributed by atoms with van der Waals surface area (Å²) in [6.45, 7) is 0. The fourth-order valence-electron chi connectivity index (χ4n) is 2.93. The minimum absolute atomic E-state index is 0.128. The molecule has 6 heteroatoms. The highest BCUT2D eigenvalue weighted by Crippen LogP contribution is 2.22. The summed E-state index contributed by atoms with van der Waals surface area (Å²) in [5.41, 5.74) is 0.622. The normalized spacial score (nSPS) is 11.4. The van der Waals surface area contributed by atoms with E-state index in [1.165, 1.54) is 34.9 Å². The van der Waals surface area contributed by atoms with Gasteiger partial charge in [0, 0.05) is 5.56 Å². The molecule has 0 aliphatic rings. The third kappa shape index (κ3) is 3.32. The Morgan fingerprint density at radius 1 is 0.929 bits per heavy atom. The SMILES string of the molecule is O=c1c2cc(F)ccc2nc(/C=C/c2ccccc2F)n1-c1ccccc1Cl. The number of benzene rings is 3. The minimum Gasteiger partial charge on any atom is -0.268 e. The van der Waals surface area contributed by atoms with Crippen LogP contribution in [0.5, 0.6) is 0 Å². The van der Waals surface area contributed by atoms with Gasteiger partial charge in [0.25, 0.3) is 5.56 Å². The molecule has 28 heavy (non-hydrogen) atoms. The van der Waals surface area contributed by atoms with Crippen LogP contribution in [0.25, 0.3) is 28.7 Å². The molecule has 0 spiro atoms. The monoisotopic (exact) mass is 394 g/mol. The van der Waals surface area contributed by atoms with E-state index in [2.05, 4.69) is 4.98 Å². The first-order valence-electron chi connectivity index (χ1n) is 8.44. The van der Waals surface area contributed by atoms with E-state index in [1.54, 1.807) is 42.5 Å². The van der Waals surface area contributed by atoms with E-state index < -0.39 is 17.2 Å². The highest BCUT2D eigenvalue weighted by molar-refractivity contribution is 6.32. The molecular formula is C22H13ClF2N2O. The van der Waals surface area contributed by atoms with Crippen molar-refractivity contribution in [2.45, 2.75) is 0 Å². The number of para-hydroxylation sites is 1. The van der Waals surface area contributed by atoms with Gasteiger partial charge in [-0.2, -0.15) is 0 Å². The summed E-state index contributed by atoms with van der Waals surface area (Å²) in [4.78, 5) is 17.6. The fourth-order valence-corrected chi connectivity index (χ4v) is 3.15. The van der Waals surface area contributed by atoms with Gasteiger partial charge in [0.2, 0.25) is 0 Å². The number of nitrogens with zero attached hydrogens (tertiary/aromatic N) is 2. The zero-order valence-corrected chi connectivity index (χ0v) is 15.2. The van der Waals surface area contributed by atoms with Gasteiger partial charge in [0.15, 0.2) is 0 Å². The van der Waals surface area contributed by atoms with Gasteiger partial charge in [-0.3, -0.25) is 9.36 Å². The van der Waals surface area contributed by atoms with Gasteiger partial charge in [-0.25, -0.2) is 13.8 Å². The van der Waals surface area contributed by atoms with Crippen molar-refractivity contribution < 1.29 is 8.78 Å². The Balaban J connectivity index is 2.00. The van der Waals surface area contributed by atoms with E-state index in [1.807, 2.05) is 0 Å². The van der Waals surface area contributed by atoms with Crippen LogP contribution in [0.1, 0.15) is 11.4 Å². The summed E-state index contributed by atoms with van der Waals surface area (Å²) < 4.78 is 28.9. The van der Waals surface area contributed by atoms with Crippen molar-refractivity contribution in [1.29, 1.82) is 0 Å². The molecule has 0 N–H and O–H groups in total. The number of halogens is 3. The van der Waals surface area contributed by atoms with Gasteiger partial charge >= 0.3 is 0 Å². The fraction of sp³-hybridized carbons (Fsp3) is 0. The van der Waals surface area contributed by atoms with Crippen molar-refractivity contribution in [2.24, 2.45) is 0 Å². The maximum Gasteiger partial charge on any atom is 0.266 e. The molecule has 138 valence electrons. The summed E-state index contributed by atoms with van der Waals surface area (Å²) >= 11 is 6.28. The molecule has 0 bridgehead atoms. The van der Waals surface area contributed by atoms with E-state index in [0.29, 0.717) is 21.8 Å². The third-order valence-electron chi connectivity index (χ3n) is 4.27. The summed E-state index contributed by atoms with van der Waals surface area (Å²) in [5, 5.41) is 0.464. The van der Waals surface area contributed by atoms with Crippen molar-refractivity contribution in [3.63, 3.8) is 0 Å². The standard InChI is InChI=1S/C22H13ClF2N2O/c23-17-6-2-4-8-20(17)27-21(12-9-14-5-1-3-7-18(14)25)26-19-11-10-15(24)13-16(19)22(27)28/h1-13H/b12-9+. The molecule has 3 aromatic carbocycles. The van der Waals surface area contributed by atoms with Crippen LogP contribution in [0.4, 0.5) is 8.78 Å². The second-order valence-electron chi connectivity index (χ2n) is 6.08. The van der Waals surface area contributed by atoms with E-state index in [0.717, 1.165) is 6.07 Å². The van der Waals surface area contributed by atoms with Gasteiger partial charge in [-0.05, 0) is 48.6 Å². The first kappa shape index (κ1) is 18.1. The topological polar surface area (TPSA) is 34.9 Å². The largest absolute Gasteiger partial charge is 0.268 e. The van der Waals surface area contributed by atoms with Gasteiger partial charge in [0.05, 0.1) is 21.6 Å². The van der Waals surface area contributed by atoms with E-state index in [9.17, 15) is 13.6 Å². The van der Waals surface area contributed by atoms with Crippen molar-refractivity contribution in [3.8, 4) is 5.69 Å². The zero-order chi connectivity index (χ0) is 19.7. The van der Waals surface area contributed by atoms with E-state index >= 15 is 0 Å². The number of hydrogen-bond acceptors (Lipinski definition) is 2. The van der Waals surface area contributed by atoms with Gasteiger partial charge in [-0.15, -0.1) is 0 Å². The zero-order valence-electron chi connectivity index (χ0n) is 14.4. The smallest absolute Gasteiger partial charge is 0.266 e. The lowest BCUT2D eigenvalue weighted by Gasteiger charge is -2.13. The Bertz CT molecular complexity index is 1280. The minimum atomic E-state index is -0.535. The lowest BCUT2D eigenvalue weighted by Crippen LogP contribution is -2.22. The van der Waals surface area contributed by atoms with Crippen LogP contribution in [0.15, 0.2) is 71.5 Å². The molecule has 0 unspecified atom stereocenters. The van der Waals surface area contributed by atoms with Crippen LogP contribution in [-0.4, -0.2) is 9.55 Å². The van der Waals surface area contributed by atoms with Crippen LogP contribution < -0.4 is 5.56 Å². The number of rotatable bonds is 3. The average Bonchev–Trinajstić information content (AvgIpc) is 2.69. The van der Waals surface area contributed by atoms with Gasteiger partial charge < -0.3 is 0 Å². The molecule has 0 fully saturated rings. The predicted molar refractivity (Wildman–Crippen MR) is 108 cm³/mol. The number of hydrogen-bond donors (Lipinski definition) is 0. The third-order valence-corrected chi connectivity index (χ3v) is 4.59. The Morgan fingerprint density at radius 3 is 2.46 bits per heavy atom. The summed E-state index contributed by atoms with van der Waals surface area (Å²) in [5.74, 6) is -0.680. The molecule has 0 aliphatic carbocycles. The Hall–Kier alpha value is -3.31. The van der Waals surface area contributed by atoms with Crippen LogP contribution in [0.2, 0.25) is 5.02 Å². The summed E-state index contributed by atoms with van der Waals surface area (Å²) in [7, 11) is 0. The van der Waals surface area contributed by atoms with Gasteiger partial charge in [-0.1, -0.05) is 41.9 Å². The maximum atomic E-state index is 14.0.